The molecule has 0 aromatic carbocycles. The first-order valence-electron chi connectivity index (χ1n) is 5.98. The number of carbonyl (C=O) groups is 1. The van der Waals surface area contributed by atoms with E-state index in [1.807, 2.05) is 19.3 Å². The van der Waals surface area contributed by atoms with E-state index >= 15 is 0 Å². The molecule has 0 radical (unpaired) electrons. The Balaban J connectivity index is 2.05. The highest BCUT2D eigenvalue weighted by molar-refractivity contribution is 5.92. The fraction of sp³-hybridized carbons (Fsp3) is 0.308. The number of rotatable bonds is 4. The molecule has 2 N–H and O–H groups in total. The van der Waals surface area contributed by atoms with Crippen molar-refractivity contribution < 1.29 is 4.79 Å². The quantitative estimate of drug-likeness (QED) is 0.869. The van der Waals surface area contributed by atoms with E-state index in [4.69, 9.17) is 5.73 Å². The van der Waals surface area contributed by atoms with Crippen LogP contribution in [0.4, 0.5) is 0 Å². The van der Waals surface area contributed by atoms with Gasteiger partial charge in [0.15, 0.2) is 0 Å². The van der Waals surface area contributed by atoms with Crippen LogP contribution in [0.3, 0.4) is 0 Å². The van der Waals surface area contributed by atoms with Crippen LogP contribution in [0.5, 0.6) is 0 Å². The molecular formula is C13H17N5O. The number of nitrogens with two attached hydrogens (primary N) is 1. The predicted octanol–water partition coefficient (Wildman–Crippen LogP) is 0.546. The van der Waals surface area contributed by atoms with Crippen molar-refractivity contribution >= 4 is 5.91 Å². The first-order chi connectivity index (χ1) is 9.10. The molecule has 2 aromatic rings. The Morgan fingerprint density at radius 3 is 2.68 bits per heavy atom. The van der Waals surface area contributed by atoms with Crippen molar-refractivity contribution in [2.24, 2.45) is 12.8 Å². The Labute approximate surface area is 111 Å². The number of carbonyl (C=O) groups excluding carboxylic acids is 1. The molecule has 2 rings (SSSR count). The van der Waals surface area contributed by atoms with E-state index in [0.29, 0.717) is 18.8 Å². The second-order valence-electron chi connectivity index (χ2n) is 4.44. The molecule has 0 atom stereocenters. The number of hydrogen-bond donors (Lipinski definition) is 1. The lowest BCUT2D eigenvalue weighted by molar-refractivity contribution is 0.0779. The molecule has 0 saturated carbocycles. The fourth-order valence-corrected chi connectivity index (χ4v) is 1.77. The second-order valence-corrected chi connectivity index (χ2v) is 4.44. The van der Waals surface area contributed by atoms with Gasteiger partial charge in [0.05, 0.1) is 6.20 Å². The van der Waals surface area contributed by atoms with Crippen molar-refractivity contribution in [3.8, 4) is 0 Å². The first kappa shape index (κ1) is 13.2. The zero-order valence-corrected chi connectivity index (χ0v) is 11.1. The lowest BCUT2D eigenvalue weighted by atomic mass is 10.2. The van der Waals surface area contributed by atoms with Gasteiger partial charge < -0.3 is 10.6 Å². The average molecular weight is 259 g/mol. The maximum absolute atomic E-state index is 12.2. The minimum atomic E-state index is -0.118. The van der Waals surface area contributed by atoms with Crippen molar-refractivity contribution in [1.29, 1.82) is 0 Å². The molecule has 0 aliphatic rings. The Morgan fingerprint density at radius 2 is 2.16 bits per heavy atom. The van der Waals surface area contributed by atoms with Crippen LogP contribution in [0.15, 0.2) is 30.7 Å². The molecule has 2 aromatic heterocycles. The highest BCUT2D eigenvalue weighted by Gasteiger charge is 2.13. The Hall–Kier alpha value is -2.21. The van der Waals surface area contributed by atoms with E-state index in [9.17, 15) is 4.79 Å². The summed E-state index contributed by atoms with van der Waals surface area (Å²) in [5, 5.41) is 4.07. The molecule has 0 fully saturated rings. The molecule has 0 aliphatic heterocycles. The molecule has 19 heavy (non-hydrogen) atoms. The van der Waals surface area contributed by atoms with Crippen molar-refractivity contribution in [3.05, 3.63) is 47.5 Å². The van der Waals surface area contributed by atoms with Crippen molar-refractivity contribution in [3.63, 3.8) is 0 Å². The van der Waals surface area contributed by atoms with Gasteiger partial charge in [-0.05, 0) is 11.6 Å². The number of hydrogen-bond acceptors (Lipinski definition) is 4. The van der Waals surface area contributed by atoms with Crippen molar-refractivity contribution in [2.45, 2.75) is 13.1 Å². The molecule has 100 valence electrons. The molecule has 0 unspecified atom stereocenters. The van der Waals surface area contributed by atoms with Crippen LogP contribution in [0.1, 0.15) is 21.6 Å². The number of aryl methyl sites for hydroxylation is 1. The van der Waals surface area contributed by atoms with Crippen molar-refractivity contribution in [2.75, 3.05) is 7.05 Å². The van der Waals surface area contributed by atoms with E-state index in [-0.39, 0.29) is 5.91 Å². The molecule has 0 aliphatic carbocycles. The average Bonchev–Trinajstić information content (AvgIpc) is 2.83. The summed E-state index contributed by atoms with van der Waals surface area (Å²) < 4.78 is 1.71. The second kappa shape index (κ2) is 5.62. The van der Waals surface area contributed by atoms with Crippen LogP contribution in [-0.4, -0.2) is 32.6 Å². The topological polar surface area (TPSA) is 77.0 Å². The van der Waals surface area contributed by atoms with E-state index in [0.717, 1.165) is 11.1 Å². The van der Waals surface area contributed by atoms with E-state index in [1.54, 1.807) is 35.1 Å². The molecule has 6 heteroatoms. The van der Waals surface area contributed by atoms with Gasteiger partial charge in [-0.25, -0.2) is 0 Å². The van der Waals surface area contributed by atoms with Gasteiger partial charge in [0.25, 0.3) is 5.91 Å². The fourth-order valence-electron chi connectivity index (χ4n) is 1.77. The molecule has 0 spiro atoms. The van der Waals surface area contributed by atoms with Gasteiger partial charge in [-0.1, -0.05) is 6.07 Å². The number of pyridine rings is 1. The van der Waals surface area contributed by atoms with Gasteiger partial charge >= 0.3 is 0 Å². The van der Waals surface area contributed by atoms with Crippen LogP contribution in [0.2, 0.25) is 0 Å². The summed E-state index contributed by atoms with van der Waals surface area (Å²) in [6, 6.07) is 3.52. The van der Waals surface area contributed by atoms with Gasteiger partial charge in [0.2, 0.25) is 0 Å². The van der Waals surface area contributed by atoms with E-state index in [2.05, 4.69) is 10.1 Å². The SMILES string of the molecule is CN(Cc1cnn(C)c1)C(=O)c1ccc(CN)cn1. The maximum Gasteiger partial charge on any atom is 0.272 e. The number of amides is 1. The van der Waals surface area contributed by atoms with Crippen LogP contribution >= 0.6 is 0 Å². The minimum Gasteiger partial charge on any atom is -0.336 e. The maximum atomic E-state index is 12.2. The summed E-state index contributed by atoms with van der Waals surface area (Å²) in [4.78, 5) is 17.9. The van der Waals surface area contributed by atoms with Crippen LogP contribution in [-0.2, 0) is 20.1 Å². The summed E-state index contributed by atoms with van der Waals surface area (Å²) in [7, 11) is 3.59. The van der Waals surface area contributed by atoms with E-state index in [1.165, 1.54) is 0 Å². The molecule has 0 bridgehead atoms. The predicted molar refractivity (Wildman–Crippen MR) is 71.1 cm³/mol. The summed E-state index contributed by atoms with van der Waals surface area (Å²) in [6.45, 7) is 0.931. The van der Waals surface area contributed by atoms with Gasteiger partial charge in [0.1, 0.15) is 5.69 Å². The largest absolute Gasteiger partial charge is 0.336 e. The normalized spacial score (nSPS) is 10.5. The zero-order valence-electron chi connectivity index (χ0n) is 11.1. The third-order valence-corrected chi connectivity index (χ3v) is 2.80. The molecular weight excluding hydrogens is 242 g/mol. The third-order valence-electron chi connectivity index (χ3n) is 2.80. The minimum absolute atomic E-state index is 0.118. The smallest absolute Gasteiger partial charge is 0.272 e. The highest BCUT2D eigenvalue weighted by atomic mass is 16.2. The zero-order chi connectivity index (χ0) is 13.8. The Bertz CT molecular complexity index is 561. The highest BCUT2D eigenvalue weighted by Crippen LogP contribution is 2.07. The van der Waals surface area contributed by atoms with Crippen LogP contribution in [0, 0.1) is 0 Å². The molecule has 1 amide bonds. The molecule has 2 heterocycles. The molecule has 6 nitrogen and oxygen atoms in total. The van der Waals surface area contributed by atoms with Crippen molar-refractivity contribution in [1.82, 2.24) is 19.7 Å². The van der Waals surface area contributed by atoms with Gasteiger partial charge in [-0.3, -0.25) is 14.5 Å². The lowest BCUT2D eigenvalue weighted by Gasteiger charge is -2.15. The van der Waals surface area contributed by atoms with E-state index < -0.39 is 0 Å². The molecule has 0 saturated heterocycles. The van der Waals surface area contributed by atoms with Gasteiger partial charge in [-0.15, -0.1) is 0 Å². The summed E-state index contributed by atoms with van der Waals surface area (Å²) in [6.07, 6.45) is 5.26. The monoisotopic (exact) mass is 259 g/mol. The summed E-state index contributed by atoms with van der Waals surface area (Å²) in [5.41, 5.74) is 7.81. The Morgan fingerprint density at radius 1 is 1.37 bits per heavy atom. The van der Waals surface area contributed by atoms with Crippen LogP contribution < -0.4 is 5.73 Å². The summed E-state index contributed by atoms with van der Waals surface area (Å²) in [5.74, 6) is -0.118. The standard InChI is InChI=1S/C13H17N5O/c1-17(8-11-7-16-18(2)9-11)13(19)12-4-3-10(5-14)6-15-12/h3-4,6-7,9H,5,8,14H2,1-2H3. The van der Waals surface area contributed by atoms with Gasteiger partial charge in [-0.2, -0.15) is 5.10 Å². The Kier molecular flexibility index (Phi) is 3.91. The van der Waals surface area contributed by atoms with Crippen LogP contribution in [0.25, 0.3) is 0 Å². The van der Waals surface area contributed by atoms with Gasteiger partial charge in [0, 0.05) is 45.1 Å². The number of aromatic nitrogens is 3. The first-order valence-corrected chi connectivity index (χ1v) is 5.98. The number of nitrogens with zero attached hydrogens (tertiary/aromatic N) is 4. The summed E-state index contributed by atoms with van der Waals surface area (Å²) >= 11 is 0. The third kappa shape index (κ3) is 3.17. The lowest BCUT2D eigenvalue weighted by Crippen LogP contribution is -2.26.